The van der Waals surface area contributed by atoms with E-state index in [1.807, 2.05) is 0 Å². The van der Waals surface area contributed by atoms with Gasteiger partial charge in [0.05, 0.1) is 18.3 Å². The molecule has 3 rings (SSSR count). The molecule has 1 aliphatic carbocycles. The molecule has 0 bridgehead atoms. The number of rotatable bonds is 11. The molecule has 8 nitrogen and oxygen atoms in total. The number of aliphatic carboxylic acids is 2. The number of amides is 2. The highest BCUT2D eigenvalue weighted by molar-refractivity contribution is 6.35. The monoisotopic (exact) mass is 548 g/mol. The quantitative estimate of drug-likeness (QED) is 0.377. The van der Waals surface area contributed by atoms with Crippen molar-refractivity contribution in [1.29, 1.82) is 0 Å². The van der Waals surface area contributed by atoms with Gasteiger partial charge in [-0.2, -0.15) is 0 Å². The minimum absolute atomic E-state index is 0.0697. The van der Waals surface area contributed by atoms with Crippen molar-refractivity contribution in [1.82, 2.24) is 10.2 Å². The van der Waals surface area contributed by atoms with E-state index in [2.05, 4.69) is 5.32 Å². The fourth-order valence-electron chi connectivity index (χ4n) is 4.65. The van der Waals surface area contributed by atoms with E-state index in [0.717, 1.165) is 18.4 Å². The van der Waals surface area contributed by atoms with Crippen LogP contribution in [0.1, 0.15) is 49.3 Å². The van der Waals surface area contributed by atoms with Crippen LogP contribution < -0.4 is 5.32 Å². The van der Waals surface area contributed by atoms with Gasteiger partial charge in [-0.05, 0) is 42.5 Å². The van der Waals surface area contributed by atoms with Crippen LogP contribution in [0.4, 0.5) is 0 Å². The first kappa shape index (κ1) is 28.5. The molecule has 0 aliphatic heterocycles. The van der Waals surface area contributed by atoms with E-state index in [1.165, 1.54) is 4.90 Å². The van der Waals surface area contributed by atoms with Crippen molar-refractivity contribution in [2.75, 3.05) is 13.1 Å². The summed E-state index contributed by atoms with van der Waals surface area (Å²) >= 11 is 12.3. The number of hydrogen-bond acceptors (Lipinski definition) is 4. The molecule has 2 aromatic carbocycles. The molecule has 3 atom stereocenters. The lowest BCUT2D eigenvalue weighted by molar-refractivity contribution is -0.149. The summed E-state index contributed by atoms with van der Waals surface area (Å²) in [7, 11) is 0. The van der Waals surface area contributed by atoms with Gasteiger partial charge in [-0.25, -0.2) is 0 Å². The molecule has 2 aromatic rings. The highest BCUT2D eigenvalue weighted by Gasteiger charge is 2.38. The minimum Gasteiger partial charge on any atom is -0.481 e. The van der Waals surface area contributed by atoms with Gasteiger partial charge in [0.25, 0.3) is 0 Å². The predicted molar refractivity (Wildman–Crippen MR) is 139 cm³/mol. The van der Waals surface area contributed by atoms with Crippen LogP contribution in [0.15, 0.2) is 48.5 Å². The first-order valence-corrected chi connectivity index (χ1v) is 13.0. The molecule has 10 heteroatoms. The fourth-order valence-corrected chi connectivity index (χ4v) is 5.15. The number of hydrogen-bond donors (Lipinski definition) is 3. The highest BCUT2D eigenvalue weighted by atomic mass is 35.5. The van der Waals surface area contributed by atoms with Gasteiger partial charge >= 0.3 is 11.9 Å². The molecule has 0 heterocycles. The largest absolute Gasteiger partial charge is 0.481 e. The topological polar surface area (TPSA) is 124 Å². The molecule has 3 N–H and O–H groups in total. The smallest absolute Gasteiger partial charge is 0.307 e. The minimum atomic E-state index is -1.10. The van der Waals surface area contributed by atoms with E-state index in [1.54, 1.807) is 48.5 Å². The van der Waals surface area contributed by atoms with Crippen molar-refractivity contribution in [2.24, 2.45) is 11.8 Å². The SMILES string of the molecule is O=C(O)CCN(CCc1ccc(Cl)cc1Cl)C(=O)C(NC(=O)C1CCCCC1C(=O)O)c1ccccc1. The van der Waals surface area contributed by atoms with Crippen molar-refractivity contribution in [3.05, 3.63) is 69.7 Å². The summed E-state index contributed by atoms with van der Waals surface area (Å²) in [4.78, 5) is 51.5. The summed E-state index contributed by atoms with van der Waals surface area (Å²) < 4.78 is 0. The zero-order valence-corrected chi connectivity index (χ0v) is 21.8. The lowest BCUT2D eigenvalue weighted by Gasteiger charge is -2.31. The Morgan fingerprint density at radius 3 is 2.24 bits per heavy atom. The molecule has 0 saturated heterocycles. The summed E-state index contributed by atoms with van der Waals surface area (Å²) in [5.41, 5.74) is 1.26. The van der Waals surface area contributed by atoms with Gasteiger partial charge in [-0.1, -0.05) is 72.4 Å². The van der Waals surface area contributed by atoms with Gasteiger partial charge in [0.1, 0.15) is 6.04 Å². The van der Waals surface area contributed by atoms with Gasteiger partial charge in [0.2, 0.25) is 11.8 Å². The molecule has 3 unspecified atom stereocenters. The Bertz CT molecular complexity index is 1130. The summed E-state index contributed by atoms with van der Waals surface area (Å²) in [6.45, 7) is 0.0909. The molecule has 198 valence electrons. The molecular weight excluding hydrogens is 519 g/mol. The number of nitrogens with one attached hydrogen (secondary N) is 1. The predicted octanol–water partition coefficient (Wildman–Crippen LogP) is 4.59. The Balaban J connectivity index is 1.86. The second-order valence-electron chi connectivity index (χ2n) is 9.14. The van der Waals surface area contributed by atoms with Gasteiger partial charge in [0.15, 0.2) is 0 Å². The summed E-state index contributed by atoms with van der Waals surface area (Å²) in [5.74, 6) is -4.61. The van der Waals surface area contributed by atoms with E-state index < -0.39 is 41.6 Å². The molecule has 1 fully saturated rings. The second kappa shape index (κ2) is 13.4. The Hall–Kier alpha value is -3.10. The van der Waals surface area contributed by atoms with E-state index >= 15 is 0 Å². The van der Waals surface area contributed by atoms with Gasteiger partial charge in [0, 0.05) is 23.1 Å². The first-order chi connectivity index (χ1) is 17.7. The molecule has 0 spiro atoms. The number of carbonyl (C=O) groups is 4. The van der Waals surface area contributed by atoms with Crippen LogP contribution >= 0.6 is 23.2 Å². The van der Waals surface area contributed by atoms with Crippen LogP contribution in [0.5, 0.6) is 0 Å². The lowest BCUT2D eigenvalue weighted by atomic mass is 9.78. The second-order valence-corrected chi connectivity index (χ2v) is 9.99. The maximum atomic E-state index is 13.8. The molecule has 2 amide bonds. The third-order valence-electron chi connectivity index (χ3n) is 6.66. The van der Waals surface area contributed by atoms with E-state index in [0.29, 0.717) is 34.9 Å². The Labute approximate surface area is 225 Å². The lowest BCUT2D eigenvalue weighted by Crippen LogP contribution is -2.47. The average molecular weight is 549 g/mol. The van der Waals surface area contributed by atoms with Crippen LogP contribution in [-0.2, 0) is 25.6 Å². The van der Waals surface area contributed by atoms with Gasteiger partial charge < -0.3 is 20.4 Å². The standard InChI is InChI=1S/C27H30Cl2N2O6/c28-19-11-10-17(22(29)16-19)12-14-31(15-13-23(32)33)26(35)24(18-6-2-1-3-7-18)30-25(34)20-8-4-5-9-21(20)27(36)37/h1-3,6-7,10-11,16,20-21,24H,4-5,8-9,12-15H2,(H,30,34)(H,32,33)(H,36,37). The molecule has 1 aliphatic rings. The number of carbonyl (C=O) groups excluding carboxylic acids is 2. The molecule has 0 aromatic heterocycles. The van der Waals surface area contributed by atoms with E-state index in [4.69, 9.17) is 23.2 Å². The van der Waals surface area contributed by atoms with Crippen molar-refractivity contribution in [2.45, 2.75) is 44.6 Å². The first-order valence-electron chi connectivity index (χ1n) is 12.2. The van der Waals surface area contributed by atoms with Crippen molar-refractivity contribution in [3.63, 3.8) is 0 Å². The normalized spacial score (nSPS) is 18.0. The van der Waals surface area contributed by atoms with Crippen LogP contribution in [0.25, 0.3) is 0 Å². The number of carboxylic acid groups (broad SMARTS) is 2. The maximum absolute atomic E-state index is 13.8. The van der Waals surface area contributed by atoms with Crippen molar-refractivity contribution in [3.8, 4) is 0 Å². The van der Waals surface area contributed by atoms with Crippen LogP contribution in [-0.4, -0.2) is 52.0 Å². The Morgan fingerprint density at radius 1 is 0.946 bits per heavy atom. The molecule has 1 saturated carbocycles. The molecule has 0 radical (unpaired) electrons. The summed E-state index contributed by atoms with van der Waals surface area (Å²) in [6.07, 6.45) is 2.37. The third kappa shape index (κ3) is 7.94. The van der Waals surface area contributed by atoms with E-state index in [-0.39, 0.29) is 19.5 Å². The zero-order valence-electron chi connectivity index (χ0n) is 20.2. The summed E-state index contributed by atoms with van der Waals surface area (Å²) in [6, 6.07) is 12.6. The number of benzene rings is 2. The van der Waals surface area contributed by atoms with Crippen LogP contribution in [0.3, 0.4) is 0 Å². The van der Waals surface area contributed by atoms with Gasteiger partial charge in [-0.3, -0.25) is 19.2 Å². The Morgan fingerprint density at radius 2 is 1.62 bits per heavy atom. The van der Waals surface area contributed by atoms with Crippen LogP contribution in [0, 0.1) is 11.8 Å². The summed E-state index contributed by atoms with van der Waals surface area (Å²) in [5, 5.41) is 22.6. The van der Waals surface area contributed by atoms with E-state index in [9.17, 15) is 29.4 Å². The van der Waals surface area contributed by atoms with Crippen molar-refractivity contribution < 1.29 is 29.4 Å². The van der Waals surface area contributed by atoms with Gasteiger partial charge in [-0.15, -0.1) is 0 Å². The number of nitrogens with zero attached hydrogens (tertiary/aromatic N) is 1. The third-order valence-corrected chi connectivity index (χ3v) is 7.25. The fraction of sp³-hybridized carbons (Fsp3) is 0.407. The van der Waals surface area contributed by atoms with Crippen molar-refractivity contribution >= 4 is 47.0 Å². The average Bonchev–Trinajstić information content (AvgIpc) is 2.88. The highest BCUT2D eigenvalue weighted by Crippen LogP contribution is 2.31. The molecule has 37 heavy (non-hydrogen) atoms. The zero-order chi connectivity index (χ0) is 26.9. The molecular formula is C27H30Cl2N2O6. The number of halogens is 2. The maximum Gasteiger partial charge on any atom is 0.307 e. The Kier molecular flexibility index (Phi) is 10.3. The number of carboxylic acids is 2. The van der Waals surface area contributed by atoms with Crippen LogP contribution in [0.2, 0.25) is 10.0 Å².